The maximum atomic E-state index is 12.3. The van der Waals surface area contributed by atoms with Gasteiger partial charge in [0.05, 0.1) is 4.90 Å². The molecule has 27 heavy (non-hydrogen) atoms. The number of amides is 1. The number of sulfonamides is 1. The van der Waals surface area contributed by atoms with Crippen molar-refractivity contribution in [2.75, 3.05) is 25.2 Å². The lowest BCUT2D eigenvalue weighted by Crippen LogP contribution is -2.22. The first-order valence-electron chi connectivity index (χ1n) is 8.41. The van der Waals surface area contributed by atoms with E-state index in [9.17, 15) is 13.2 Å². The second-order valence-corrected chi connectivity index (χ2v) is 9.97. The third-order valence-corrected chi connectivity index (χ3v) is 7.05. The molecule has 8 heteroatoms. The SMILES string of the molecule is Cc1ccc(S(=O)(=O)N(C)C)cc1NC(=O)CCCSc1ccc(Cl)cc1. The predicted molar refractivity (Wildman–Crippen MR) is 112 cm³/mol. The molecule has 1 amide bonds. The number of thioether (sulfide) groups is 1. The van der Waals surface area contributed by atoms with Crippen molar-refractivity contribution in [3.63, 3.8) is 0 Å². The maximum Gasteiger partial charge on any atom is 0.242 e. The number of hydrogen-bond acceptors (Lipinski definition) is 4. The standard InChI is InChI=1S/C19H23ClN2O3S2/c1-14-6-11-17(27(24,25)22(2)3)13-18(14)21-19(23)5-4-12-26-16-9-7-15(20)8-10-16/h6-11,13H,4-5,12H2,1-3H3,(H,21,23). The van der Waals surface area contributed by atoms with Gasteiger partial charge >= 0.3 is 0 Å². The van der Waals surface area contributed by atoms with Crippen molar-refractivity contribution >= 4 is 45.0 Å². The van der Waals surface area contributed by atoms with Gasteiger partial charge in [-0.25, -0.2) is 12.7 Å². The molecule has 0 heterocycles. The first-order valence-corrected chi connectivity index (χ1v) is 11.2. The molecule has 2 aromatic carbocycles. The van der Waals surface area contributed by atoms with E-state index in [4.69, 9.17) is 11.6 Å². The van der Waals surface area contributed by atoms with Crippen molar-refractivity contribution in [3.05, 3.63) is 53.1 Å². The molecule has 0 unspecified atom stereocenters. The van der Waals surface area contributed by atoms with Gasteiger partial charge in [-0.05, 0) is 61.1 Å². The van der Waals surface area contributed by atoms with Crippen LogP contribution >= 0.6 is 23.4 Å². The minimum atomic E-state index is -3.54. The van der Waals surface area contributed by atoms with Gasteiger partial charge in [0.15, 0.2) is 0 Å². The average molecular weight is 427 g/mol. The lowest BCUT2D eigenvalue weighted by atomic mass is 10.2. The summed E-state index contributed by atoms with van der Waals surface area (Å²) >= 11 is 7.52. The summed E-state index contributed by atoms with van der Waals surface area (Å²) in [5, 5.41) is 3.52. The minimum Gasteiger partial charge on any atom is -0.326 e. The number of rotatable bonds is 8. The highest BCUT2D eigenvalue weighted by Crippen LogP contribution is 2.23. The molecule has 0 aromatic heterocycles. The first kappa shape index (κ1) is 21.8. The van der Waals surface area contributed by atoms with Gasteiger partial charge in [0, 0.05) is 36.1 Å². The summed E-state index contributed by atoms with van der Waals surface area (Å²) in [4.78, 5) is 13.5. The lowest BCUT2D eigenvalue weighted by Gasteiger charge is -2.14. The second kappa shape index (κ2) is 9.59. The first-order chi connectivity index (χ1) is 12.7. The molecule has 0 saturated heterocycles. The van der Waals surface area contributed by atoms with Crippen molar-refractivity contribution in [3.8, 4) is 0 Å². The van der Waals surface area contributed by atoms with E-state index in [1.807, 2.05) is 31.2 Å². The van der Waals surface area contributed by atoms with Gasteiger partial charge in [0.2, 0.25) is 15.9 Å². The fraction of sp³-hybridized carbons (Fsp3) is 0.316. The lowest BCUT2D eigenvalue weighted by molar-refractivity contribution is -0.116. The van der Waals surface area contributed by atoms with Gasteiger partial charge in [-0.1, -0.05) is 17.7 Å². The molecule has 0 saturated carbocycles. The van der Waals surface area contributed by atoms with Gasteiger partial charge in [-0.15, -0.1) is 11.8 Å². The summed E-state index contributed by atoms with van der Waals surface area (Å²) in [5.41, 5.74) is 1.34. The zero-order valence-corrected chi connectivity index (χ0v) is 17.9. The van der Waals surface area contributed by atoms with Crippen LogP contribution in [0.4, 0.5) is 5.69 Å². The molecule has 0 aliphatic rings. The van der Waals surface area contributed by atoms with Crippen molar-refractivity contribution in [2.45, 2.75) is 29.6 Å². The Morgan fingerprint density at radius 2 is 1.81 bits per heavy atom. The van der Waals surface area contributed by atoms with E-state index >= 15 is 0 Å². The minimum absolute atomic E-state index is 0.130. The van der Waals surface area contributed by atoms with E-state index in [2.05, 4.69) is 5.32 Å². The van der Waals surface area contributed by atoms with Gasteiger partial charge in [-0.3, -0.25) is 4.79 Å². The van der Waals surface area contributed by atoms with Crippen molar-refractivity contribution in [2.24, 2.45) is 0 Å². The Balaban J connectivity index is 1.90. The van der Waals surface area contributed by atoms with Gasteiger partial charge < -0.3 is 5.32 Å². The molecule has 0 aliphatic carbocycles. The number of anilines is 1. The summed E-state index contributed by atoms with van der Waals surface area (Å²) in [6.45, 7) is 1.83. The molecule has 0 bridgehead atoms. The molecule has 5 nitrogen and oxygen atoms in total. The van der Waals surface area contributed by atoms with E-state index in [0.29, 0.717) is 23.6 Å². The monoisotopic (exact) mass is 426 g/mol. The molecule has 0 radical (unpaired) electrons. The highest BCUT2D eigenvalue weighted by Gasteiger charge is 2.18. The van der Waals surface area contributed by atoms with Crippen LogP contribution in [0.1, 0.15) is 18.4 Å². The molecule has 1 N–H and O–H groups in total. The van der Waals surface area contributed by atoms with E-state index < -0.39 is 10.0 Å². The zero-order valence-electron chi connectivity index (χ0n) is 15.5. The van der Waals surface area contributed by atoms with Crippen LogP contribution in [-0.2, 0) is 14.8 Å². The fourth-order valence-electron chi connectivity index (χ4n) is 2.27. The Bertz CT molecular complexity index is 898. The number of carbonyl (C=O) groups is 1. The normalized spacial score (nSPS) is 11.6. The van der Waals surface area contributed by atoms with Crippen LogP contribution in [0.5, 0.6) is 0 Å². The molecule has 2 rings (SSSR count). The van der Waals surface area contributed by atoms with Crippen LogP contribution in [0.3, 0.4) is 0 Å². The molecular formula is C19H23ClN2O3S2. The van der Waals surface area contributed by atoms with Crippen LogP contribution in [0, 0.1) is 6.92 Å². The summed E-state index contributed by atoms with van der Waals surface area (Å²) in [6, 6.07) is 12.3. The van der Waals surface area contributed by atoms with Crippen LogP contribution in [-0.4, -0.2) is 38.5 Å². The number of carbonyl (C=O) groups excluding carboxylic acids is 1. The van der Waals surface area contributed by atoms with Crippen LogP contribution in [0.2, 0.25) is 5.02 Å². The molecule has 0 atom stereocenters. The summed E-state index contributed by atoms with van der Waals surface area (Å²) < 4.78 is 25.7. The Hall–Kier alpha value is -1.54. The Labute approximate surface area is 170 Å². The smallest absolute Gasteiger partial charge is 0.242 e. The van der Waals surface area contributed by atoms with Crippen molar-refractivity contribution < 1.29 is 13.2 Å². The van der Waals surface area contributed by atoms with Gasteiger partial charge in [0.1, 0.15) is 0 Å². The van der Waals surface area contributed by atoms with Crippen LogP contribution in [0.15, 0.2) is 52.3 Å². The van der Waals surface area contributed by atoms with E-state index in [0.717, 1.165) is 20.5 Å². The topological polar surface area (TPSA) is 66.5 Å². The Morgan fingerprint density at radius 3 is 2.44 bits per heavy atom. The number of halogens is 1. The number of nitrogens with zero attached hydrogens (tertiary/aromatic N) is 1. The predicted octanol–water partition coefficient (Wildman–Crippen LogP) is 4.41. The number of nitrogens with one attached hydrogen (secondary N) is 1. The van der Waals surface area contributed by atoms with E-state index in [1.165, 1.54) is 20.2 Å². The quantitative estimate of drug-likeness (QED) is 0.501. The zero-order chi connectivity index (χ0) is 20.0. The van der Waals surface area contributed by atoms with Crippen molar-refractivity contribution in [1.29, 1.82) is 0 Å². The summed E-state index contributed by atoms with van der Waals surface area (Å²) in [5.74, 6) is 0.678. The van der Waals surface area contributed by atoms with Gasteiger partial charge in [-0.2, -0.15) is 0 Å². The van der Waals surface area contributed by atoms with E-state index in [-0.39, 0.29) is 10.8 Å². The number of aryl methyl sites for hydroxylation is 1. The van der Waals surface area contributed by atoms with Crippen LogP contribution in [0.25, 0.3) is 0 Å². The molecular weight excluding hydrogens is 404 g/mol. The van der Waals surface area contributed by atoms with E-state index in [1.54, 1.807) is 23.9 Å². The Kier molecular flexibility index (Phi) is 7.73. The molecule has 0 aliphatic heterocycles. The average Bonchev–Trinajstić information content (AvgIpc) is 2.62. The fourth-order valence-corrected chi connectivity index (χ4v) is 4.18. The number of hydrogen-bond donors (Lipinski definition) is 1. The maximum absolute atomic E-state index is 12.3. The largest absolute Gasteiger partial charge is 0.326 e. The van der Waals surface area contributed by atoms with Crippen molar-refractivity contribution in [1.82, 2.24) is 4.31 Å². The summed E-state index contributed by atoms with van der Waals surface area (Å²) in [6.07, 6.45) is 1.08. The third kappa shape index (κ3) is 6.24. The highest BCUT2D eigenvalue weighted by atomic mass is 35.5. The molecule has 146 valence electrons. The highest BCUT2D eigenvalue weighted by molar-refractivity contribution is 7.99. The molecule has 0 spiro atoms. The molecule has 2 aromatic rings. The third-order valence-electron chi connectivity index (χ3n) is 3.89. The summed E-state index contributed by atoms with van der Waals surface area (Å²) in [7, 11) is -0.581. The van der Waals surface area contributed by atoms with Gasteiger partial charge in [0.25, 0.3) is 0 Å². The van der Waals surface area contributed by atoms with Crippen LogP contribution < -0.4 is 5.32 Å². The molecule has 0 fully saturated rings. The number of benzene rings is 2. The second-order valence-electron chi connectivity index (χ2n) is 6.22. The Morgan fingerprint density at radius 1 is 1.15 bits per heavy atom.